The van der Waals surface area contributed by atoms with Crippen LogP contribution >= 0.6 is 0 Å². The summed E-state index contributed by atoms with van der Waals surface area (Å²) < 4.78 is 4.75. The van der Waals surface area contributed by atoms with Gasteiger partial charge in [0.2, 0.25) is 0 Å². The van der Waals surface area contributed by atoms with E-state index >= 15 is 0 Å². The number of hydrogen-bond donors (Lipinski definition) is 0. The molecule has 0 bridgehead atoms. The molecule has 0 aromatic carbocycles. The van der Waals surface area contributed by atoms with Gasteiger partial charge in [-0.3, -0.25) is 9.59 Å². The minimum absolute atomic E-state index is 0.00601. The third-order valence-corrected chi connectivity index (χ3v) is 2.12. The number of rotatable bonds is 7. The lowest BCUT2D eigenvalue weighted by Crippen LogP contribution is -2.15. The van der Waals surface area contributed by atoms with Crippen LogP contribution in [0.15, 0.2) is 0 Å². The van der Waals surface area contributed by atoms with Crippen LogP contribution in [0, 0.1) is 5.92 Å². The molecule has 0 heterocycles. The molecule has 0 N–H and O–H groups in total. The monoisotopic (exact) mass is 186 g/mol. The zero-order valence-electron chi connectivity index (χ0n) is 8.63. The molecule has 3 heteroatoms. The molecule has 0 aliphatic carbocycles. The number of carbonyl (C=O) groups excluding carboxylic acids is 2. The van der Waals surface area contributed by atoms with Crippen molar-refractivity contribution >= 4 is 11.6 Å². The van der Waals surface area contributed by atoms with Gasteiger partial charge in [0, 0.05) is 19.4 Å². The van der Waals surface area contributed by atoms with E-state index in [1.54, 1.807) is 7.11 Å². The Morgan fingerprint density at radius 2 is 2.00 bits per heavy atom. The molecule has 3 nitrogen and oxygen atoms in total. The highest BCUT2D eigenvalue weighted by Gasteiger charge is 2.14. The second-order valence-corrected chi connectivity index (χ2v) is 3.23. The molecule has 0 aliphatic rings. The van der Waals surface area contributed by atoms with Crippen molar-refractivity contribution in [2.75, 3.05) is 13.7 Å². The zero-order chi connectivity index (χ0) is 10.3. The molecule has 13 heavy (non-hydrogen) atoms. The largest absolute Gasteiger partial charge is 0.384 e. The quantitative estimate of drug-likeness (QED) is 0.567. The SMILES string of the molecule is CCC(C)C(=O)CC(=O)CCOC. The molecule has 1 atom stereocenters. The minimum atomic E-state index is -0.0212. The first-order valence-corrected chi connectivity index (χ1v) is 4.65. The lowest BCUT2D eigenvalue weighted by molar-refractivity contribution is -0.129. The Morgan fingerprint density at radius 3 is 2.46 bits per heavy atom. The van der Waals surface area contributed by atoms with Crippen molar-refractivity contribution in [3.8, 4) is 0 Å². The Labute approximate surface area is 79.5 Å². The van der Waals surface area contributed by atoms with Gasteiger partial charge >= 0.3 is 0 Å². The normalized spacial score (nSPS) is 12.5. The van der Waals surface area contributed by atoms with Gasteiger partial charge in [-0.25, -0.2) is 0 Å². The van der Waals surface area contributed by atoms with E-state index in [0.29, 0.717) is 13.0 Å². The van der Waals surface area contributed by atoms with Crippen LogP contribution in [0.2, 0.25) is 0 Å². The lowest BCUT2D eigenvalue weighted by Gasteiger charge is -2.05. The molecule has 76 valence electrons. The van der Waals surface area contributed by atoms with E-state index in [0.717, 1.165) is 6.42 Å². The molecule has 0 amide bonds. The molecule has 0 spiro atoms. The summed E-state index contributed by atoms with van der Waals surface area (Å²) in [4.78, 5) is 22.4. The summed E-state index contributed by atoms with van der Waals surface area (Å²) in [7, 11) is 1.55. The van der Waals surface area contributed by atoms with E-state index in [1.807, 2.05) is 13.8 Å². The fraction of sp³-hybridized carbons (Fsp3) is 0.800. The number of ether oxygens (including phenoxy) is 1. The van der Waals surface area contributed by atoms with Gasteiger partial charge in [-0.2, -0.15) is 0 Å². The summed E-state index contributed by atoms with van der Waals surface area (Å²) in [5.74, 6) is 0.0299. The van der Waals surface area contributed by atoms with Gasteiger partial charge in [0.1, 0.15) is 11.6 Å². The van der Waals surface area contributed by atoms with E-state index in [9.17, 15) is 9.59 Å². The van der Waals surface area contributed by atoms with Crippen molar-refractivity contribution < 1.29 is 14.3 Å². The van der Waals surface area contributed by atoms with Gasteiger partial charge in [0.25, 0.3) is 0 Å². The first kappa shape index (κ1) is 12.3. The standard InChI is InChI=1S/C10H18O3/c1-4-8(2)10(12)7-9(11)5-6-13-3/h8H,4-7H2,1-3H3. The second kappa shape index (κ2) is 6.78. The first-order chi connectivity index (χ1) is 6.11. The average Bonchev–Trinajstić information content (AvgIpc) is 2.13. The van der Waals surface area contributed by atoms with E-state index < -0.39 is 0 Å². The van der Waals surface area contributed by atoms with Gasteiger partial charge in [-0.1, -0.05) is 13.8 Å². The summed E-state index contributed by atoms with van der Waals surface area (Å²) in [5, 5.41) is 0. The van der Waals surface area contributed by atoms with Gasteiger partial charge in [0.15, 0.2) is 0 Å². The topological polar surface area (TPSA) is 43.4 Å². The van der Waals surface area contributed by atoms with E-state index in [4.69, 9.17) is 4.74 Å². The van der Waals surface area contributed by atoms with Crippen LogP contribution in [0.1, 0.15) is 33.1 Å². The molecule has 0 aromatic heterocycles. The van der Waals surface area contributed by atoms with Crippen LogP contribution in [0.25, 0.3) is 0 Å². The highest BCUT2D eigenvalue weighted by molar-refractivity contribution is 5.99. The summed E-state index contributed by atoms with van der Waals surface area (Å²) in [6, 6.07) is 0. The first-order valence-electron chi connectivity index (χ1n) is 4.65. The maximum Gasteiger partial charge on any atom is 0.143 e. The van der Waals surface area contributed by atoms with Gasteiger partial charge < -0.3 is 4.74 Å². The summed E-state index contributed by atoms with van der Waals surface area (Å²) in [5.41, 5.74) is 0. The van der Waals surface area contributed by atoms with Crippen LogP contribution in [0.5, 0.6) is 0 Å². The molecule has 0 rings (SSSR count). The molecule has 0 radical (unpaired) electrons. The number of methoxy groups -OCH3 is 1. The molecule has 0 aromatic rings. The van der Waals surface area contributed by atoms with E-state index in [2.05, 4.69) is 0 Å². The summed E-state index contributed by atoms with van der Waals surface area (Å²) >= 11 is 0. The maximum absolute atomic E-state index is 11.3. The fourth-order valence-corrected chi connectivity index (χ4v) is 0.901. The molecule has 1 unspecified atom stereocenters. The third-order valence-electron chi connectivity index (χ3n) is 2.12. The molecule has 0 saturated heterocycles. The fourth-order valence-electron chi connectivity index (χ4n) is 0.901. The summed E-state index contributed by atoms with van der Waals surface area (Å²) in [6.07, 6.45) is 1.22. The van der Waals surface area contributed by atoms with Crippen LogP contribution in [0.4, 0.5) is 0 Å². The predicted molar refractivity (Wildman–Crippen MR) is 50.6 cm³/mol. The molecule has 0 fully saturated rings. The highest BCUT2D eigenvalue weighted by atomic mass is 16.5. The van der Waals surface area contributed by atoms with Crippen molar-refractivity contribution in [3.05, 3.63) is 0 Å². The van der Waals surface area contributed by atoms with Crippen LogP contribution in [0.3, 0.4) is 0 Å². The Hall–Kier alpha value is -0.700. The average molecular weight is 186 g/mol. The van der Waals surface area contributed by atoms with Gasteiger partial charge in [0.05, 0.1) is 13.0 Å². The Kier molecular flexibility index (Phi) is 6.41. The highest BCUT2D eigenvalue weighted by Crippen LogP contribution is 2.06. The van der Waals surface area contributed by atoms with Crippen LogP contribution < -0.4 is 0 Å². The maximum atomic E-state index is 11.3. The molecule has 0 aliphatic heterocycles. The number of carbonyl (C=O) groups is 2. The van der Waals surface area contributed by atoms with E-state index in [-0.39, 0.29) is 23.9 Å². The Morgan fingerprint density at radius 1 is 1.38 bits per heavy atom. The van der Waals surface area contributed by atoms with Crippen molar-refractivity contribution in [1.82, 2.24) is 0 Å². The number of hydrogen-bond acceptors (Lipinski definition) is 3. The van der Waals surface area contributed by atoms with E-state index in [1.165, 1.54) is 0 Å². The van der Waals surface area contributed by atoms with Crippen LogP contribution in [-0.2, 0) is 14.3 Å². The van der Waals surface area contributed by atoms with Crippen LogP contribution in [-0.4, -0.2) is 25.3 Å². The molecular formula is C10H18O3. The van der Waals surface area contributed by atoms with Crippen molar-refractivity contribution in [3.63, 3.8) is 0 Å². The number of ketones is 2. The van der Waals surface area contributed by atoms with Crippen molar-refractivity contribution in [1.29, 1.82) is 0 Å². The zero-order valence-corrected chi connectivity index (χ0v) is 8.63. The summed E-state index contributed by atoms with van der Waals surface area (Å²) in [6.45, 7) is 4.21. The predicted octanol–water partition coefficient (Wildman–Crippen LogP) is 1.60. The lowest BCUT2D eigenvalue weighted by atomic mass is 9.99. The third kappa shape index (κ3) is 5.53. The van der Waals surface area contributed by atoms with Crippen molar-refractivity contribution in [2.24, 2.45) is 5.92 Å². The second-order valence-electron chi connectivity index (χ2n) is 3.23. The van der Waals surface area contributed by atoms with Crippen molar-refractivity contribution in [2.45, 2.75) is 33.1 Å². The Bertz CT molecular complexity index is 175. The molecule has 0 saturated carbocycles. The van der Waals surface area contributed by atoms with Gasteiger partial charge in [-0.15, -0.1) is 0 Å². The minimum Gasteiger partial charge on any atom is -0.384 e. The number of Topliss-reactive ketones (excluding diaryl/α,β-unsaturated/α-hetero) is 2. The smallest absolute Gasteiger partial charge is 0.143 e. The Balaban J connectivity index is 3.71. The molecular weight excluding hydrogens is 168 g/mol. The van der Waals surface area contributed by atoms with Gasteiger partial charge in [-0.05, 0) is 6.42 Å².